The van der Waals surface area contributed by atoms with Gasteiger partial charge in [-0.1, -0.05) is 32.4 Å². The van der Waals surface area contributed by atoms with Gasteiger partial charge >= 0.3 is 0 Å². The molecule has 0 unspecified atom stereocenters. The standard InChI is InChI=1S/C11H17ClN2O/c1-11(2,3)6-7-15-8-9-4-5-10(12)14-13-9/h4-5H,6-8H2,1-3H3. The van der Waals surface area contributed by atoms with Crippen molar-refractivity contribution >= 4 is 11.6 Å². The molecule has 1 aromatic heterocycles. The van der Waals surface area contributed by atoms with E-state index >= 15 is 0 Å². The summed E-state index contributed by atoms with van der Waals surface area (Å²) in [6.07, 6.45) is 1.04. The van der Waals surface area contributed by atoms with E-state index in [2.05, 4.69) is 31.0 Å². The lowest BCUT2D eigenvalue weighted by Crippen LogP contribution is -2.09. The quantitative estimate of drug-likeness (QED) is 0.743. The van der Waals surface area contributed by atoms with Gasteiger partial charge in [0, 0.05) is 6.61 Å². The van der Waals surface area contributed by atoms with Crippen LogP contribution >= 0.6 is 11.6 Å². The van der Waals surface area contributed by atoms with Crippen LogP contribution in [0.2, 0.25) is 5.15 Å². The van der Waals surface area contributed by atoms with Gasteiger partial charge in [-0.2, -0.15) is 5.10 Å². The molecule has 0 spiro atoms. The van der Waals surface area contributed by atoms with Crippen molar-refractivity contribution < 1.29 is 4.74 Å². The van der Waals surface area contributed by atoms with E-state index in [0.29, 0.717) is 17.2 Å². The molecule has 0 fully saturated rings. The second-order valence-corrected chi connectivity index (χ2v) is 5.10. The Morgan fingerprint density at radius 3 is 2.53 bits per heavy atom. The van der Waals surface area contributed by atoms with Crippen LogP contribution in [0, 0.1) is 5.41 Å². The van der Waals surface area contributed by atoms with Crippen LogP contribution in [0.25, 0.3) is 0 Å². The SMILES string of the molecule is CC(C)(C)CCOCc1ccc(Cl)nn1. The summed E-state index contributed by atoms with van der Waals surface area (Å²) in [5, 5.41) is 8.06. The molecule has 0 aromatic carbocycles. The van der Waals surface area contributed by atoms with Crippen molar-refractivity contribution in [2.24, 2.45) is 5.41 Å². The van der Waals surface area contributed by atoms with Gasteiger partial charge in [-0.3, -0.25) is 0 Å². The molecule has 0 radical (unpaired) electrons. The third-order valence-electron chi connectivity index (χ3n) is 1.93. The van der Waals surface area contributed by atoms with Crippen LogP contribution in [0.15, 0.2) is 12.1 Å². The van der Waals surface area contributed by atoms with Crippen LogP contribution in [-0.4, -0.2) is 16.8 Å². The van der Waals surface area contributed by atoms with Crippen LogP contribution in [-0.2, 0) is 11.3 Å². The molecule has 1 heterocycles. The van der Waals surface area contributed by atoms with Crippen molar-refractivity contribution in [3.63, 3.8) is 0 Å². The second kappa shape index (κ2) is 5.42. The highest BCUT2D eigenvalue weighted by Gasteiger charge is 2.09. The number of hydrogen-bond donors (Lipinski definition) is 0. The highest BCUT2D eigenvalue weighted by Crippen LogP contribution is 2.18. The van der Waals surface area contributed by atoms with Crippen molar-refractivity contribution in [3.05, 3.63) is 23.0 Å². The zero-order valence-electron chi connectivity index (χ0n) is 9.46. The molecule has 0 aliphatic carbocycles. The molecular weight excluding hydrogens is 212 g/mol. The van der Waals surface area contributed by atoms with Crippen molar-refractivity contribution in [1.29, 1.82) is 0 Å². The summed E-state index contributed by atoms with van der Waals surface area (Å²) in [4.78, 5) is 0. The Morgan fingerprint density at radius 2 is 2.00 bits per heavy atom. The van der Waals surface area contributed by atoms with E-state index in [-0.39, 0.29) is 0 Å². The minimum absolute atomic E-state index is 0.311. The Bertz CT molecular complexity index is 292. The summed E-state index contributed by atoms with van der Waals surface area (Å²) in [6.45, 7) is 7.82. The fraction of sp³-hybridized carbons (Fsp3) is 0.636. The minimum Gasteiger partial charge on any atom is -0.375 e. The molecule has 0 aliphatic rings. The van der Waals surface area contributed by atoms with Gasteiger partial charge in [-0.05, 0) is 24.0 Å². The van der Waals surface area contributed by atoms with E-state index in [0.717, 1.165) is 18.7 Å². The maximum absolute atomic E-state index is 5.62. The van der Waals surface area contributed by atoms with E-state index in [4.69, 9.17) is 16.3 Å². The number of aromatic nitrogens is 2. The number of hydrogen-bond acceptors (Lipinski definition) is 3. The van der Waals surface area contributed by atoms with Gasteiger partial charge in [0.05, 0.1) is 12.3 Å². The third kappa shape index (κ3) is 5.70. The predicted octanol–water partition coefficient (Wildman–Crippen LogP) is 3.08. The molecule has 0 N–H and O–H groups in total. The van der Waals surface area contributed by atoms with E-state index in [1.807, 2.05) is 6.07 Å². The molecule has 0 aliphatic heterocycles. The smallest absolute Gasteiger partial charge is 0.151 e. The van der Waals surface area contributed by atoms with Crippen LogP contribution in [0.4, 0.5) is 0 Å². The molecular formula is C11H17ClN2O. The summed E-state index contributed by atoms with van der Waals surface area (Å²) < 4.78 is 5.49. The lowest BCUT2D eigenvalue weighted by molar-refractivity contribution is 0.0936. The largest absolute Gasteiger partial charge is 0.375 e. The van der Waals surface area contributed by atoms with Crippen LogP contribution in [0.1, 0.15) is 32.9 Å². The predicted molar refractivity (Wildman–Crippen MR) is 60.8 cm³/mol. The summed E-state index contributed by atoms with van der Waals surface area (Å²) in [5.41, 5.74) is 1.12. The normalized spacial score (nSPS) is 11.7. The maximum atomic E-state index is 5.62. The first-order valence-corrected chi connectivity index (χ1v) is 5.41. The Hall–Kier alpha value is -0.670. The zero-order valence-corrected chi connectivity index (χ0v) is 10.2. The first-order valence-electron chi connectivity index (χ1n) is 5.03. The van der Waals surface area contributed by atoms with E-state index in [1.54, 1.807) is 6.07 Å². The van der Waals surface area contributed by atoms with Gasteiger partial charge < -0.3 is 4.74 Å². The zero-order chi connectivity index (χ0) is 11.3. The van der Waals surface area contributed by atoms with Gasteiger partial charge in [0.2, 0.25) is 0 Å². The average Bonchev–Trinajstić information content (AvgIpc) is 2.14. The van der Waals surface area contributed by atoms with Gasteiger partial charge in [0.15, 0.2) is 5.15 Å². The number of halogens is 1. The van der Waals surface area contributed by atoms with Gasteiger partial charge in [0.1, 0.15) is 0 Å². The maximum Gasteiger partial charge on any atom is 0.151 e. The molecule has 4 heteroatoms. The summed E-state index contributed by atoms with van der Waals surface area (Å²) >= 11 is 5.62. The topological polar surface area (TPSA) is 35.0 Å². The van der Waals surface area contributed by atoms with Crippen molar-refractivity contribution in [2.45, 2.75) is 33.8 Å². The molecule has 0 atom stereocenters. The fourth-order valence-electron chi connectivity index (χ4n) is 0.976. The van der Waals surface area contributed by atoms with Gasteiger partial charge in [0.25, 0.3) is 0 Å². The van der Waals surface area contributed by atoms with Gasteiger partial charge in [-0.15, -0.1) is 5.10 Å². The average molecular weight is 229 g/mol. The Kier molecular flexibility index (Phi) is 4.48. The van der Waals surface area contributed by atoms with Crippen molar-refractivity contribution in [1.82, 2.24) is 10.2 Å². The van der Waals surface area contributed by atoms with Crippen molar-refractivity contribution in [2.75, 3.05) is 6.61 Å². The highest BCUT2D eigenvalue weighted by atomic mass is 35.5. The lowest BCUT2D eigenvalue weighted by Gasteiger charge is -2.17. The Labute approximate surface area is 95.8 Å². The Balaban J connectivity index is 2.23. The summed E-state index contributed by atoms with van der Waals surface area (Å²) in [5.74, 6) is 0. The molecule has 0 amide bonds. The van der Waals surface area contributed by atoms with Crippen LogP contribution in [0.3, 0.4) is 0 Å². The summed E-state index contributed by atoms with van der Waals surface area (Å²) in [7, 11) is 0. The molecule has 1 aromatic rings. The molecule has 84 valence electrons. The molecule has 15 heavy (non-hydrogen) atoms. The number of rotatable bonds is 4. The summed E-state index contributed by atoms with van der Waals surface area (Å²) in [6, 6.07) is 3.55. The van der Waals surface area contributed by atoms with Crippen molar-refractivity contribution in [3.8, 4) is 0 Å². The third-order valence-corrected chi connectivity index (χ3v) is 2.14. The van der Waals surface area contributed by atoms with Crippen LogP contribution in [0.5, 0.6) is 0 Å². The number of ether oxygens (including phenoxy) is 1. The second-order valence-electron chi connectivity index (χ2n) is 4.71. The van der Waals surface area contributed by atoms with E-state index < -0.39 is 0 Å². The first kappa shape index (κ1) is 12.4. The fourth-order valence-corrected chi connectivity index (χ4v) is 1.08. The first-order chi connectivity index (χ1) is 6.97. The highest BCUT2D eigenvalue weighted by molar-refractivity contribution is 6.29. The number of nitrogens with zero attached hydrogens (tertiary/aromatic N) is 2. The van der Waals surface area contributed by atoms with Gasteiger partial charge in [-0.25, -0.2) is 0 Å². The van der Waals surface area contributed by atoms with E-state index in [1.165, 1.54) is 0 Å². The molecule has 0 bridgehead atoms. The Morgan fingerprint density at radius 1 is 1.27 bits per heavy atom. The van der Waals surface area contributed by atoms with Crippen LogP contribution < -0.4 is 0 Å². The molecule has 0 saturated carbocycles. The molecule has 0 saturated heterocycles. The molecule has 3 nitrogen and oxygen atoms in total. The minimum atomic E-state index is 0.311. The monoisotopic (exact) mass is 228 g/mol. The lowest BCUT2D eigenvalue weighted by atomic mass is 9.93. The van der Waals surface area contributed by atoms with E-state index in [9.17, 15) is 0 Å². The molecule has 1 rings (SSSR count).